The van der Waals surface area contributed by atoms with Crippen molar-refractivity contribution in [3.8, 4) is 0 Å². The normalized spacial score (nSPS) is 21.4. The van der Waals surface area contributed by atoms with E-state index in [1.807, 2.05) is 24.3 Å². The first-order valence-electron chi connectivity index (χ1n) is 8.46. The SMILES string of the molecule is Cc1ccccc1NC1CCCCC1NS(=O)(=O)c1ccccc1. The number of hydrogen-bond acceptors (Lipinski definition) is 3. The van der Waals surface area contributed by atoms with Crippen LogP contribution < -0.4 is 10.0 Å². The number of sulfonamides is 1. The molecule has 1 aliphatic rings. The van der Waals surface area contributed by atoms with Gasteiger partial charge in [-0.25, -0.2) is 13.1 Å². The van der Waals surface area contributed by atoms with Crippen molar-refractivity contribution < 1.29 is 8.42 Å². The van der Waals surface area contributed by atoms with E-state index in [-0.39, 0.29) is 12.1 Å². The van der Waals surface area contributed by atoms with Gasteiger partial charge in [0.1, 0.15) is 0 Å². The lowest BCUT2D eigenvalue weighted by Crippen LogP contribution is -2.48. The molecular formula is C19H24N2O2S. The van der Waals surface area contributed by atoms with Crippen molar-refractivity contribution >= 4 is 15.7 Å². The lowest BCUT2D eigenvalue weighted by atomic mass is 9.90. The summed E-state index contributed by atoms with van der Waals surface area (Å²) in [5.41, 5.74) is 2.25. The van der Waals surface area contributed by atoms with Crippen LogP contribution >= 0.6 is 0 Å². The maximum atomic E-state index is 12.6. The third-order valence-electron chi connectivity index (χ3n) is 4.61. The first-order chi connectivity index (χ1) is 11.6. The molecule has 0 aromatic heterocycles. The molecule has 2 unspecified atom stereocenters. The first-order valence-corrected chi connectivity index (χ1v) is 9.94. The molecule has 128 valence electrons. The smallest absolute Gasteiger partial charge is 0.240 e. The van der Waals surface area contributed by atoms with E-state index < -0.39 is 10.0 Å². The van der Waals surface area contributed by atoms with Crippen molar-refractivity contribution in [2.45, 2.75) is 49.6 Å². The number of para-hydroxylation sites is 1. The highest BCUT2D eigenvalue weighted by Crippen LogP contribution is 2.25. The van der Waals surface area contributed by atoms with Crippen LogP contribution in [0.5, 0.6) is 0 Å². The van der Waals surface area contributed by atoms with Crippen molar-refractivity contribution in [1.82, 2.24) is 4.72 Å². The van der Waals surface area contributed by atoms with Gasteiger partial charge in [-0.2, -0.15) is 0 Å². The lowest BCUT2D eigenvalue weighted by Gasteiger charge is -2.33. The fourth-order valence-corrected chi connectivity index (χ4v) is 4.58. The second-order valence-electron chi connectivity index (χ2n) is 6.39. The minimum Gasteiger partial charge on any atom is -0.380 e. The Balaban J connectivity index is 1.77. The molecule has 24 heavy (non-hydrogen) atoms. The van der Waals surface area contributed by atoms with Gasteiger partial charge < -0.3 is 5.32 Å². The molecule has 1 saturated carbocycles. The average molecular weight is 344 g/mol. The molecule has 0 spiro atoms. The van der Waals surface area contributed by atoms with E-state index in [1.165, 1.54) is 5.56 Å². The Hall–Kier alpha value is -1.85. The minimum absolute atomic E-state index is 0.0939. The number of anilines is 1. The third kappa shape index (κ3) is 3.97. The highest BCUT2D eigenvalue weighted by Gasteiger charge is 2.29. The van der Waals surface area contributed by atoms with Gasteiger partial charge in [-0.15, -0.1) is 0 Å². The quantitative estimate of drug-likeness (QED) is 0.869. The molecule has 3 rings (SSSR count). The van der Waals surface area contributed by atoms with Crippen LogP contribution in [0.15, 0.2) is 59.5 Å². The molecule has 2 aromatic rings. The fourth-order valence-electron chi connectivity index (χ4n) is 3.25. The summed E-state index contributed by atoms with van der Waals surface area (Å²) < 4.78 is 28.2. The van der Waals surface area contributed by atoms with E-state index in [4.69, 9.17) is 0 Å². The molecule has 0 bridgehead atoms. The van der Waals surface area contributed by atoms with Crippen LogP contribution in [-0.4, -0.2) is 20.5 Å². The summed E-state index contributed by atoms with van der Waals surface area (Å²) in [6.45, 7) is 2.06. The summed E-state index contributed by atoms with van der Waals surface area (Å²) in [6.07, 6.45) is 3.99. The highest BCUT2D eigenvalue weighted by atomic mass is 32.2. The average Bonchev–Trinajstić information content (AvgIpc) is 2.59. The Labute approximate surface area is 144 Å². The molecule has 0 heterocycles. The van der Waals surface area contributed by atoms with Gasteiger partial charge >= 0.3 is 0 Å². The number of benzene rings is 2. The first kappa shape index (κ1) is 17.0. The molecule has 1 aliphatic carbocycles. The highest BCUT2D eigenvalue weighted by molar-refractivity contribution is 7.89. The summed E-state index contributed by atoms with van der Waals surface area (Å²) in [6, 6.07) is 16.7. The van der Waals surface area contributed by atoms with Crippen LogP contribution in [0.25, 0.3) is 0 Å². The number of nitrogens with one attached hydrogen (secondary N) is 2. The fraction of sp³-hybridized carbons (Fsp3) is 0.368. The van der Waals surface area contributed by atoms with E-state index in [0.29, 0.717) is 4.90 Å². The molecular weight excluding hydrogens is 320 g/mol. The second-order valence-corrected chi connectivity index (χ2v) is 8.11. The molecule has 2 aromatic carbocycles. The monoisotopic (exact) mass is 344 g/mol. The standard InChI is InChI=1S/C19H24N2O2S/c1-15-9-5-6-12-17(15)20-18-13-7-8-14-19(18)21-24(22,23)16-10-3-2-4-11-16/h2-6,9-12,18-21H,7-8,13-14H2,1H3. The molecule has 0 saturated heterocycles. The van der Waals surface area contributed by atoms with Crippen molar-refractivity contribution in [1.29, 1.82) is 0 Å². The predicted octanol–water partition coefficient (Wildman–Crippen LogP) is 3.70. The maximum absolute atomic E-state index is 12.6. The molecule has 0 radical (unpaired) electrons. The number of rotatable bonds is 5. The Bertz CT molecular complexity index is 775. The van der Waals surface area contributed by atoms with Gasteiger partial charge in [0.15, 0.2) is 0 Å². The summed E-state index contributed by atoms with van der Waals surface area (Å²) in [5, 5.41) is 3.55. The van der Waals surface area contributed by atoms with Gasteiger partial charge in [0.2, 0.25) is 10.0 Å². The van der Waals surface area contributed by atoms with Gasteiger partial charge in [0.05, 0.1) is 4.90 Å². The zero-order valence-electron chi connectivity index (χ0n) is 13.9. The van der Waals surface area contributed by atoms with Crippen molar-refractivity contribution in [2.24, 2.45) is 0 Å². The van der Waals surface area contributed by atoms with Crippen LogP contribution in [-0.2, 0) is 10.0 Å². The predicted molar refractivity (Wildman–Crippen MR) is 97.6 cm³/mol. The van der Waals surface area contributed by atoms with Gasteiger partial charge in [-0.05, 0) is 43.5 Å². The topological polar surface area (TPSA) is 58.2 Å². The van der Waals surface area contributed by atoms with Crippen molar-refractivity contribution in [2.75, 3.05) is 5.32 Å². The summed E-state index contributed by atoms with van der Waals surface area (Å²) in [4.78, 5) is 0.324. The van der Waals surface area contributed by atoms with Gasteiger partial charge in [0.25, 0.3) is 0 Å². The largest absolute Gasteiger partial charge is 0.380 e. The Morgan fingerprint density at radius 3 is 2.21 bits per heavy atom. The zero-order valence-corrected chi connectivity index (χ0v) is 14.7. The summed E-state index contributed by atoms with van der Waals surface area (Å²) in [5.74, 6) is 0. The van der Waals surface area contributed by atoms with Crippen LogP contribution in [0.1, 0.15) is 31.2 Å². The number of aryl methyl sites for hydroxylation is 1. The molecule has 2 N–H and O–H groups in total. The van der Waals surface area contributed by atoms with E-state index in [2.05, 4.69) is 23.0 Å². The third-order valence-corrected chi connectivity index (χ3v) is 6.12. The molecule has 0 aliphatic heterocycles. The van der Waals surface area contributed by atoms with Crippen molar-refractivity contribution in [3.05, 3.63) is 60.2 Å². The van der Waals surface area contributed by atoms with E-state index >= 15 is 0 Å². The summed E-state index contributed by atoms with van der Waals surface area (Å²) >= 11 is 0. The van der Waals surface area contributed by atoms with Gasteiger partial charge in [0, 0.05) is 17.8 Å². The van der Waals surface area contributed by atoms with Crippen LogP contribution in [0.3, 0.4) is 0 Å². The second kappa shape index (κ2) is 7.36. The minimum atomic E-state index is -3.49. The molecule has 2 atom stereocenters. The molecule has 1 fully saturated rings. The molecule has 0 amide bonds. The Morgan fingerprint density at radius 2 is 1.50 bits per heavy atom. The van der Waals surface area contributed by atoms with E-state index in [9.17, 15) is 8.42 Å². The molecule has 5 heteroatoms. The van der Waals surface area contributed by atoms with Crippen LogP contribution in [0, 0.1) is 6.92 Å². The number of hydrogen-bond donors (Lipinski definition) is 2. The van der Waals surface area contributed by atoms with Crippen LogP contribution in [0.4, 0.5) is 5.69 Å². The Morgan fingerprint density at radius 1 is 0.875 bits per heavy atom. The Kier molecular flexibility index (Phi) is 5.21. The van der Waals surface area contributed by atoms with E-state index in [1.54, 1.807) is 24.3 Å². The lowest BCUT2D eigenvalue weighted by molar-refractivity contribution is 0.378. The summed E-state index contributed by atoms with van der Waals surface area (Å²) in [7, 11) is -3.49. The van der Waals surface area contributed by atoms with E-state index in [0.717, 1.165) is 31.4 Å². The van der Waals surface area contributed by atoms with Gasteiger partial charge in [-0.1, -0.05) is 49.2 Å². The van der Waals surface area contributed by atoms with Crippen LogP contribution in [0.2, 0.25) is 0 Å². The zero-order chi connectivity index (χ0) is 17.0. The maximum Gasteiger partial charge on any atom is 0.240 e. The van der Waals surface area contributed by atoms with Gasteiger partial charge in [-0.3, -0.25) is 0 Å². The van der Waals surface area contributed by atoms with Crippen molar-refractivity contribution in [3.63, 3.8) is 0 Å². The molecule has 4 nitrogen and oxygen atoms in total.